The maximum Gasteiger partial charge on any atom is 0.244 e. The molecule has 4 heteroatoms. The third kappa shape index (κ3) is 1.81. The van der Waals surface area contributed by atoms with Gasteiger partial charge in [-0.25, -0.2) is 0 Å². The summed E-state index contributed by atoms with van der Waals surface area (Å²) in [6.07, 6.45) is 0.833. The van der Waals surface area contributed by atoms with E-state index in [0.29, 0.717) is 5.02 Å². The minimum absolute atomic E-state index is 0.0735. The summed E-state index contributed by atoms with van der Waals surface area (Å²) >= 11 is 6.15. The maximum absolute atomic E-state index is 12.0. The molecule has 1 atom stereocenters. The number of likely N-dealkylation sites (N-methyl/N-ethyl adjacent to an activating group) is 1. The summed E-state index contributed by atoms with van der Waals surface area (Å²) in [6.45, 7) is 2.70. The van der Waals surface area contributed by atoms with Gasteiger partial charge in [0.1, 0.15) is 0 Å². The number of halogens is 1. The number of para-hydroxylation sites is 1. The van der Waals surface area contributed by atoms with Gasteiger partial charge in [0.05, 0.1) is 16.8 Å². The van der Waals surface area contributed by atoms with Gasteiger partial charge in [-0.2, -0.15) is 0 Å². The lowest BCUT2D eigenvalue weighted by molar-refractivity contribution is -0.118. The highest BCUT2D eigenvalue weighted by Gasteiger charge is 2.32. The lowest BCUT2D eigenvalue weighted by atomic mass is 10.2. The number of carbonyl (C=O) groups excluding carboxylic acids is 1. The first-order valence-corrected chi connectivity index (χ1v) is 5.76. The van der Waals surface area contributed by atoms with Crippen LogP contribution in [0.4, 0.5) is 5.69 Å². The van der Waals surface area contributed by atoms with Crippen molar-refractivity contribution in [2.75, 3.05) is 18.5 Å². The first-order chi connectivity index (χ1) is 7.65. The second-order valence-corrected chi connectivity index (χ2v) is 4.43. The van der Waals surface area contributed by atoms with Gasteiger partial charge in [-0.15, -0.1) is 0 Å². The second-order valence-electron chi connectivity index (χ2n) is 4.03. The van der Waals surface area contributed by atoms with Crippen LogP contribution in [0.25, 0.3) is 0 Å². The molecule has 1 N–H and O–H groups in total. The predicted molar refractivity (Wildman–Crippen MR) is 66.0 cm³/mol. The highest BCUT2D eigenvalue weighted by molar-refractivity contribution is 6.34. The van der Waals surface area contributed by atoms with Crippen LogP contribution in [0.1, 0.15) is 12.0 Å². The zero-order valence-electron chi connectivity index (χ0n) is 9.46. The van der Waals surface area contributed by atoms with Crippen molar-refractivity contribution in [3.63, 3.8) is 0 Å². The van der Waals surface area contributed by atoms with E-state index in [1.807, 2.05) is 32.2 Å². The third-order valence-corrected chi connectivity index (χ3v) is 3.32. The molecule has 2 rings (SSSR count). The molecule has 1 fully saturated rings. The van der Waals surface area contributed by atoms with Gasteiger partial charge in [-0.3, -0.25) is 4.79 Å². The Morgan fingerprint density at radius 2 is 2.25 bits per heavy atom. The number of aryl methyl sites for hydroxylation is 1. The van der Waals surface area contributed by atoms with Crippen LogP contribution in [0, 0.1) is 6.92 Å². The first kappa shape index (κ1) is 11.4. The summed E-state index contributed by atoms with van der Waals surface area (Å²) < 4.78 is 0. The number of amides is 1. The van der Waals surface area contributed by atoms with E-state index in [0.717, 1.165) is 24.2 Å². The first-order valence-electron chi connectivity index (χ1n) is 5.39. The lowest BCUT2D eigenvalue weighted by Gasteiger charge is -2.20. The fourth-order valence-electron chi connectivity index (χ4n) is 2.13. The van der Waals surface area contributed by atoms with Crippen LogP contribution < -0.4 is 10.2 Å². The van der Waals surface area contributed by atoms with E-state index in [4.69, 9.17) is 11.6 Å². The highest BCUT2D eigenvalue weighted by Crippen LogP contribution is 2.32. The molecule has 0 spiro atoms. The van der Waals surface area contributed by atoms with Crippen LogP contribution in [0.3, 0.4) is 0 Å². The zero-order valence-corrected chi connectivity index (χ0v) is 10.2. The van der Waals surface area contributed by atoms with Crippen LogP contribution in [-0.4, -0.2) is 25.5 Å². The molecule has 1 aliphatic heterocycles. The van der Waals surface area contributed by atoms with Crippen molar-refractivity contribution in [2.45, 2.75) is 19.4 Å². The van der Waals surface area contributed by atoms with E-state index < -0.39 is 0 Å². The van der Waals surface area contributed by atoms with E-state index in [9.17, 15) is 4.79 Å². The third-order valence-electron chi connectivity index (χ3n) is 3.01. The second kappa shape index (κ2) is 4.44. The molecule has 1 heterocycles. The number of carbonyl (C=O) groups is 1. The molecule has 1 aromatic carbocycles. The Morgan fingerprint density at radius 1 is 1.50 bits per heavy atom. The van der Waals surface area contributed by atoms with Crippen molar-refractivity contribution in [2.24, 2.45) is 0 Å². The number of rotatable bonds is 2. The Labute approximate surface area is 100 Å². The molecule has 0 bridgehead atoms. The van der Waals surface area contributed by atoms with Crippen molar-refractivity contribution in [3.05, 3.63) is 28.8 Å². The monoisotopic (exact) mass is 238 g/mol. The average Bonchev–Trinajstić information content (AvgIpc) is 2.60. The zero-order chi connectivity index (χ0) is 11.7. The molecule has 0 radical (unpaired) electrons. The molecule has 86 valence electrons. The summed E-state index contributed by atoms with van der Waals surface area (Å²) in [6, 6.07) is 5.62. The van der Waals surface area contributed by atoms with Gasteiger partial charge < -0.3 is 10.2 Å². The number of hydrogen-bond donors (Lipinski definition) is 1. The molecule has 16 heavy (non-hydrogen) atoms. The Morgan fingerprint density at radius 3 is 2.81 bits per heavy atom. The topological polar surface area (TPSA) is 32.3 Å². The van der Waals surface area contributed by atoms with Gasteiger partial charge in [0.15, 0.2) is 0 Å². The van der Waals surface area contributed by atoms with E-state index in [-0.39, 0.29) is 11.9 Å². The fraction of sp³-hybridized carbons (Fsp3) is 0.417. The summed E-state index contributed by atoms with van der Waals surface area (Å²) in [5, 5.41) is 3.66. The fourth-order valence-corrected chi connectivity index (χ4v) is 2.46. The molecule has 1 aliphatic rings. The SMILES string of the molecule is CNC1CCN(c2c(C)cccc2Cl)C1=O. The largest absolute Gasteiger partial charge is 0.309 e. The van der Waals surface area contributed by atoms with E-state index >= 15 is 0 Å². The molecule has 1 saturated heterocycles. The van der Waals surface area contributed by atoms with Crippen LogP contribution >= 0.6 is 11.6 Å². The van der Waals surface area contributed by atoms with Gasteiger partial charge in [-0.05, 0) is 32.0 Å². The van der Waals surface area contributed by atoms with Crippen molar-refractivity contribution >= 4 is 23.2 Å². The van der Waals surface area contributed by atoms with E-state index in [1.165, 1.54) is 0 Å². The van der Waals surface area contributed by atoms with E-state index in [1.54, 1.807) is 4.90 Å². The molecular formula is C12H15ClN2O. The quantitative estimate of drug-likeness (QED) is 0.855. The van der Waals surface area contributed by atoms with Gasteiger partial charge in [-0.1, -0.05) is 23.7 Å². The average molecular weight is 239 g/mol. The normalized spacial score (nSPS) is 20.6. The van der Waals surface area contributed by atoms with Gasteiger partial charge >= 0.3 is 0 Å². The van der Waals surface area contributed by atoms with E-state index in [2.05, 4.69) is 5.32 Å². The molecule has 3 nitrogen and oxygen atoms in total. The van der Waals surface area contributed by atoms with Crippen LogP contribution in [0.2, 0.25) is 5.02 Å². The van der Waals surface area contributed by atoms with Gasteiger partial charge in [0.2, 0.25) is 5.91 Å². The van der Waals surface area contributed by atoms with Crippen LogP contribution in [-0.2, 0) is 4.79 Å². The Kier molecular flexibility index (Phi) is 3.17. The molecule has 1 aromatic rings. The summed E-state index contributed by atoms with van der Waals surface area (Å²) in [4.78, 5) is 13.8. The van der Waals surface area contributed by atoms with Crippen molar-refractivity contribution < 1.29 is 4.79 Å². The molecule has 1 unspecified atom stereocenters. The van der Waals surface area contributed by atoms with Crippen LogP contribution in [0.5, 0.6) is 0 Å². The molecule has 0 aromatic heterocycles. The van der Waals surface area contributed by atoms with Crippen molar-refractivity contribution in [1.82, 2.24) is 5.32 Å². The van der Waals surface area contributed by atoms with Crippen LogP contribution in [0.15, 0.2) is 18.2 Å². The summed E-state index contributed by atoms with van der Waals surface area (Å²) in [5.74, 6) is 0.110. The summed E-state index contributed by atoms with van der Waals surface area (Å²) in [7, 11) is 1.81. The summed E-state index contributed by atoms with van der Waals surface area (Å²) in [5.41, 5.74) is 1.89. The number of nitrogens with zero attached hydrogens (tertiary/aromatic N) is 1. The smallest absolute Gasteiger partial charge is 0.244 e. The molecule has 0 aliphatic carbocycles. The Hall–Kier alpha value is -1.06. The van der Waals surface area contributed by atoms with Crippen molar-refractivity contribution in [3.8, 4) is 0 Å². The Balaban J connectivity index is 2.36. The number of nitrogens with one attached hydrogen (secondary N) is 1. The number of anilines is 1. The predicted octanol–water partition coefficient (Wildman–Crippen LogP) is 1.97. The van der Waals surface area contributed by atoms with Gasteiger partial charge in [0, 0.05) is 6.54 Å². The molecule has 1 amide bonds. The lowest BCUT2D eigenvalue weighted by Crippen LogP contribution is -2.36. The Bertz CT molecular complexity index is 399. The minimum Gasteiger partial charge on any atom is -0.309 e. The molecule has 0 saturated carbocycles. The molecular weight excluding hydrogens is 224 g/mol. The highest BCUT2D eigenvalue weighted by atomic mass is 35.5. The van der Waals surface area contributed by atoms with Crippen molar-refractivity contribution in [1.29, 1.82) is 0 Å². The number of benzene rings is 1. The minimum atomic E-state index is -0.0735. The standard InChI is InChI=1S/C12H15ClN2O/c1-8-4-3-5-9(13)11(8)15-7-6-10(14-2)12(15)16/h3-5,10,14H,6-7H2,1-2H3. The maximum atomic E-state index is 12.0. The number of hydrogen-bond acceptors (Lipinski definition) is 2. The van der Waals surface area contributed by atoms with Gasteiger partial charge in [0.25, 0.3) is 0 Å².